The first-order valence-corrected chi connectivity index (χ1v) is 6.17. The Labute approximate surface area is 119 Å². The molecule has 0 aromatic carbocycles. The number of hydrogen-bond acceptors (Lipinski definition) is 7. The molecule has 0 radical (unpaired) electrons. The third-order valence-corrected chi connectivity index (χ3v) is 3.16. The SMILES string of the molecule is COc1nc(N)nc2c1ccn2C(F)C(O)C(CO)OC. The van der Waals surface area contributed by atoms with Gasteiger partial charge < -0.3 is 25.4 Å². The van der Waals surface area contributed by atoms with Gasteiger partial charge in [0.1, 0.15) is 12.2 Å². The minimum Gasteiger partial charge on any atom is -0.480 e. The van der Waals surface area contributed by atoms with Crippen LogP contribution in [0.1, 0.15) is 6.30 Å². The number of methoxy groups -OCH3 is 2. The molecule has 0 amide bonds. The molecular formula is C12H17FN4O4. The van der Waals surface area contributed by atoms with Crippen LogP contribution in [0.3, 0.4) is 0 Å². The predicted molar refractivity (Wildman–Crippen MR) is 72.5 cm³/mol. The number of alkyl halides is 1. The summed E-state index contributed by atoms with van der Waals surface area (Å²) in [5.74, 6) is 0.134. The maximum atomic E-state index is 14.5. The summed E-state index contributed by atoms with van der Waals surface area (Å²) in [6.45, 7) is -0.516. The van der Waals surface area contributed by atoms with Crippen molar-refractivity contribution in [3.63, 3.8) is 0 Å². The van der Waals surface area contributed by atoms with E-state index in [1.165, 1.54) is 20.4 Å². The van der Waals surface area contributed by atoms with Crippen molar-refractivity contribution in [2.24, 2.45) is 0 Å². The van der Waals surface area contributed by atoms with Crippen molar-refractivity contribution >= 4 is 17.0 Å². The Bertz CT molecular complexity index is 617. The van der Waals surface area contributed by atoms with Crippen molar-refractivity contribution in [1.82, 2.24) is 14.5 Å². The number of hydrogen-bond donors (Lipinski definition) is 3. The van der Waals surface area contributed by atoms with Crippen molar-refractivity contribution in [2.45, 2.75) is 18.5 Å². The molecule has 2 heterocycles. The van der Waals surface area contributed by atoms with Crippen LogP contribution < -0.4 is 10.5 Å². The summed E-state index contributed by atoms with van der Waals surface area (Å²) in [6, 6.07) is 1.55. The number of nitrogen functional groups attached to an aromatic ring is 1. The van der Waals surface area contributed by atoms with Crippen molar-refractivity contribution < 1.29 is 24.1 Å². The van der Waals surface area contributed by atoms with Gasteiger partial charge in [0, 0.05) is 13.3 Å². The zero-order valence-corrected chi connectivity index (χ0v) is 11.6. The highest BCUT2D eigenvalue weighted by Crippen LogP contribution is 2.29. The Balaban J connectivity index is 2.44. The number of nitrogens with two attached hydrogens (primary N) is 1. The average Bonchev–Trinajstić information content (AvgIpc) is 2.90. The Kier molecular flexibility index (Phi) is 4.56. The number of aromatic nitrogens is 3. The highest BCUT2D eigenvalue weighted by molar-refractivity contribution is 5.82. The summed E-state index contributed by atoms with van der Waals surface area (Å²) in [4.78, 5) is 7.84. The van der Waals surface area contributed by atoms with Crippen molar-refractivity contribution in [2.75, 3.05) is 26.6 Å². The van der Waals surface area contributed by atoms with Gasteiger partial charge in [0.2, 0.25) is 18.1 Å². The molecule has 21 heavy (non-hydrogen) atoms. The molecule has 2 aromatic heterocycles. The molecule has 0 saturated heterocycles. The van der Waals surface area contributed by atoms with Gasteiger partial charge in [-0.1, -0.05) is 0 Å². The van der Waals surface area contributed by atoms with Crippen molar-refractivity contribution in [1.29, 1.82) is 0 Å². The first-order valence-electron chi connectivity index (χ1n) is 6.17. The van der Waals surface area contributed by atoms with E-state index in [0.717, 1.165) is 4.57 Å². The molecule has 116 valence electrons. The number of anilines is 1. The lowest BCUT2D eigenvalue weighted by atomic mass is 10.2. The zero-order valence-electron chi connectivity index (χ0n) is 11.6. The standard InChI is InChI=1S/C12H17FN4O4/c1-20-7(5-18)8(19)9(13)17-4-3-6-10(17)15-12(14)16-11(6)21-2/h3-4,7-9,18-19H,5H2,1-2H3,(H2,14,15,16). The molecule has 0 spiro atoms. The van der Waals surface area contributed by atoms with Gasteiger partial charge in [-0.2, -0.15) is 9.97 Å². The number of nitrogens with zero attached hydrogens (tertiary/aromatic N) is 3. The molecule has 0 aliphatic rings. The van der Waals surface area contributed by atoms with E-state index in [4.69, 9.17) is 20.3 Å². The van der Waals surface area contributed by atoms with E-state index in [-0.39, 0.29) is 17.5 Å². The second-order valence-electron chi connectivity index (χ2n) is 4.37. The Morgan fingerprint density at radius 3 is 2.71 bits per heavy atom. The van der Waals surface area contributed by atoms with Crippen LogP contribution in [-0.4, -0.2) is 57.8 Å². The number of fused-ring (bicyclic) bond motifs is 1. The molecule has 0 saturated carbocycles. The van der Waals surface area contributed by atoms with Gasteiger partial charge in [-0.15, -0.1) is 0 Å². The van der Waals surface area contributed by atoms with Gasteiger partial charge in [0.05, 0.1) is 19.1 Å². The molecule has 0 aliphatic carbocycles. The fraction of sp³-hybridized carbons (Fsp3) is 0.500. The van der Waals surface area contributed by atoms with Crippen molar-refractivity contribution in [3.8, 4) is 5.88 Å². The fourth-order valence-electron chi connectivity index (χ4n) is 2.04. The summed E-state index contributed by atoms with van der Waals surface area (Å²) in [5.41, 5.74) is 5.73. The fourth-order valence-corrected chi connectivity index (χ4v) is 2.04. The van der Waals surface area contributed by atoms with Crippen molar-refractivity contribution in [3.05, 3.63) is 12.3 Å². The maximum absolute atomic E-state index is 14.5. The molecule has 3 atom stereocenters. The monoisotopic (exact) mass is 300 g/mol. The Morgan fingerprint density at radius 1 is 1.43 bits per heavy atom. The third-order valence-electron chi connectivity index (χ3n) is 3.16. The normalized spacial score (nSPS) is 15.9. The number of rotatable bonds is 6. The quantitative estimate of drug-likeness (QED) is 0.680. The number of ether oxygens (including phenoxy) is 2. The summed E-state index contributed by atoms with van der Waals surface area (Å²) in [7, 11) is 2.68. The van der Waals surface area contributed by atoms with Gasteiger partial charge in [-0.05, 0) is 6.07 Å². The van der Waals surface area contributed by atoms with Crippen LogP contribution in [0.15, 0.2) is 12.3 Å². The molecule has 9 heteroatoms. The van der Waals surface area contributed by atoms with Crippen LogP contribution in [-0.2, 0) is 4.74 Å². The van der Waals surface area contributed by atoms with E-state index in [0.29, 0.717) is 5.39 Å². The van der Waals surface area contributed by atoms with E-state index in [9.17, 15) is 9.50 Å². The van der Waals surface area contributed by atoms with E-state index in [2.05, 4.69) is 9.97 Å². The topological polar surface area (TPSA) is 116 Å². The first kappa shape index (κ1) is 15.4. The Hall–Kier alpha value is -1.97. The molecule has 0 fully saturated rings. The number of halogens is 1. The lowest BCUT2D eigenvalue weighted by molar-refractivity contribution is -0.0890. The molecule has 0 aliphatic heterocycles. The second kappa shape index (κ2) is 6.20. The minimum atomic E-state index is -1.88. The first-order chi connectivity index (χ1) is 10.0. The highest BCUT2D eigenvalue weighted by Gasteiger charge is 2.30. The van der Waals surface area contributed by atoms with E-state index in [1.54, 1.807) is 6.07 Å². The van der Waals surface area contributed by atoms with E-state index < -0.39 is 25.1 Å². The van der Waals surface area contributed by atoms with Gasteiger partial charge >= 0.3 is 0 Å². The van der Waals surface area contributed by atoms with Gasteiger partial charge in [0.15, 0.2) is 5.65 Å². The van der Waals surface area contributed by atoms with Crippen LogP contribution >= 0.6 is 0 Å². The summed E-state index contributed by atoms with van der Waals surface area (Å²) in [5, 5.41) is 19.4. The molecule has 2 rings (SSSR count). The molecule has 3 unspecified atom stereocenters. The maximum Gasteiger partial charge on any atom is 0.227 e. The molecule has 4 N–H and O–H groups in total. The van der Waals surface area contributed by atoms with Gasteiger partial charge in [-0.3, -0.25) is 4.57 Å². The lowest BCUT2D eigenvalue weighted by Crippen LogP contribution is -2.37. The lowest BCUT2D eigenvalue weighted by Gasteiger charge is -2.23. The van der Waals surface area contributed by atoms with Crippen LogP contribution in [0, 0.1) is 0 Å². The van der Waals surface area contributed by atoms with E-state index in [1.807, 2.05) is 0 Å². The third kappa shape index (κ3) is 2.75. The predicted octanol–water partition coefficient (Wildman–Crippen LogP) is -0.142. The highest BCUT2D eigenvalue weighted by atomic mass is 19.1. The largest absolute Gasteiger partial charge is 0.480 e. The van der Waals surface area contributed by atoms with Crippen LogP contribution in [0.2, 0.25) is 0 Å². The van der Waals surface area contributed by atoms with Crippen LogP contribution in [0.5, 0.6) is 5.88 Å². The average molecular weight is 300 g/mol. The summed E-state index contributed by atoms with van der Waals surface area (Å²) in [6.07, 6.45) is -3.12. The second-order valence-corrected chi connectivity index (χ2v) is 4.37. The number of aliphatic hydroxyl groups excluding tert-OH is 2. The van der Waals surface area contributed by atoms with Gasteiger partial charge in [0.25, 0.3) is 0 Å². The van der Waals surface area contributed by atoms with Crippen LogP contribution in [0.25, 0.3) is 11.0 Å². The number of aliphatic hydroxyl groups is 2. The van der Waals surface area contributed by atoms with Crippen LogP contribution in [0.4, 0.5) is 10.3 Å². The zero-order chi connectivity index (χ0) is 15.6. The molecule has 8 nitrogen and oxygen atoms in total. The molecule has 0 bridgehead atoms. The smallest absolute Gasteiger partial charge is 0.227 e. The van der Waals surface area contributed by atoms with E-state index >= 15 is 0 Å². The molecular weight excluding hydrogens is 283 g/mol. The summed E-state index contributed by atoms with van der Waals surface area (Å²) >= 11 is 0. The van der Waals surface area contributed by atoms with Gasteiger partial charge in [-0.25, -0.2) is 4.39 Å². The molecule has 2 aromatic rings. The summed E-state index contributed by atoms with van der Waals surface area (Å²) < 4.78 is 25.4. The minimum absolute atomic E-state index is 0.0774. The Morgan fingerprint density at radius 2 is 2.14 bits per heavy atom.